The van der Waals surface area contributed by atoms with Crippen molar-refractivity contribution in [1.82, 2.24) is 34.9 Å². The molecule has 2 aliphatic rings. The van der Waals surface area contributed by atoms with Gasteiger partial charge in [0.25, 0.3) is 11.8 Å². The predicted octanol–water partition coefficient (Wildman–Crippen LogP) is 2.57. The van der Waals surface area contributed by atoms with E-state index >= 15 is 8.78 Å². The molecule has 0 aliphatic carbocycles. The van der Waals surface area contributed by atoms with E-state index in [4.69, 9.17) is 4.42 Å². The van der Waals surface area contributed by atoms with Gasteiger partial charge in [0.2, 0.25) is 10.9 Å². The highest BCUT2D eigenvalue weighted by Gasteiger charge is 2.24. The summed E-state index contributed by atoms with van der Waals surface area (Å²) in [5, 5.41) is 15.0. The van der Waals surface area contributed by atoms with E-state index in [-0.39, 0.29) is 39.5 Å². The molecule has 6 heterocycles. The predicted molar refractivity (Wildman–Crippen MR) is 168 cm³/mol. The van der Waals surface area contributed by atoms with Crippen molar-refractivity contribution in [2.75, 3.05) is 62.2 Å². The molecular formula is C31H33F2N9O3. The van der Waals surface area contributed by atoms with Gasteiger partial charge in [0.1, 0.15) is 22.6 Å². The van der Waals surface area contributed by atoms with Crippen molar-refractivity contribution in [2.24, 2.45) is 0 Å². The molecule has 0 bridgehead atoms. The highest BCUT2D eigenvalue weighted by atomic mass is 19.1. The first kappa shape index (κ1) is 29.0. The molecule has 2 N–H and O–H groups in total. The number of anilines is 2. The third kappa shape index (κ3) is 5.03. The topological polar surface area (TPSA) is 126 Å². The maximum absolute atomic E-state index is 15.3. The minimum absolute atomic E-state index is 0.0579. The summed E-state index contributed by atoms with van der Waals surface area (Å²) in [5.74, 6) is -1.08. The first-order valence-electron chi connectivity index (χ1n) is 15.2. The van der Waals surface area contributed by atoms with E-state index in [0.29, 0.717) is 69.2 Å². The summed E-state index contributed by atoms with van der Waals surface area (Å²) in [5.41, 5.74) is 0.555. The smallest absolute Gasteiger partial charge is 0.253 e. The highest BCUT2D eigenvalue weighted by Crippen LogP contribution is 2.29. The second kappa shape index (κ2) is 11.7. The van der Waals surface area contributed by atoms with E-state index in [1.165, 1.54) is 12.1 Å². The van der Waals surface area contributed by atoms with Crippen LogP contribution in [-0.4, -0.2) is 76.7 Å². The largest absolute Gasteiger partial charge is 0.416 e. The van der Waals surface area contributed by atoms with Gasteiger partial charge in [-0.2, -0.15) is 0 Å². The molecule has 12 nitrogen and oxygen atoms in total. The number of nitrogens with zero attached hydrogens (tertiary/aromatic N) is 7. The van der Waals surface area contributed by atoms with E-state index in [2.05, 4.69) is 25.8 Å². The number of aromatic nitrogens is 5. The minimum Gasteiger partial charge on any atom is -0.416 e. The normalized spacial score (nSPS) is 15.8. The lowest BCUT2D eigenvalue weighted by atomic mass is 10.1. The number of piperazine rings is 2. The van der Waals surface area contributed by atoms with Gasteiger partial charge in [-0.05, 0) is 32.0 Å². The van der Waals surface area contributed by atoms with Crippen LogP contribution in [0.15, 0.2) is 44.6 Å². The zero-order valence-electron chi connectivity index (χ0n) is 25.1. The van der Waals surface area contributed by atoms with Crippen LogP contribution in [0, 0.1) is 11.6 Å². The second-order valence-corrected chi connectivity index (χ2v) is 11.2. The standard InChI is InChI=1S/C31H33F2N9O3/c1-3-39-16-20(26(43)18-13-22(32)25(15-24(18)39)41-9-5-34-6-10-41)30-37-38-31(45-30)21-17-40(4-2)28-19(27(21)44)14-23(33)29(36-28)42-11-7-35-8-12-42/h13-17,34-35H,3-12H2,1-2H3. The average Bonchev–Trinajstić information content (AvgIpc) is 3.56. The van der Waals surface area contributed by atoms with Crippen LogP contribution in [0.4, 0.5) is 20.3 Å². The molecule has 2 saturated heterocycles. The maximum Gasteiger partial charge on any atom is 0.253 e. The number of halogens is 2. The van der Waals surface area contributed by atoms with E-state index in [0.717, 1.165) is 13.1 Å². The van der Waals surface area contributed by atoms with Crippen molar-refractivity contribution >= 4 is 33.4 Å². The molecular weight excluding hydrogens is 584 g/mol. The zero-order chi connectivity index (χ0) is 31.2. The third-order valence-corrected chi connectivity index (χ3v) is 8.57. The molecule has 2 aliphatic heterocycles. The maximum atomic E-state index is 15.3. The van der Waals surface area contributed by atoms with Gasteiger partial charge in [-0.1, -0.05) is 0 Å². The van der Waals surface area contributed by atoms with Gasteiger partial charge >= 0.3 is 0 Å². The molecule has 1 aromatic carbocycles. The lowest BCUT2D eigenvalue weighted by Crippen LogP contribution is -2.44. The number of rotatable bonds is 6. The molecule has 0 radical (unpaired) electrons. The Kier molecular flexibility index (Phi) is 7.53. The minimum atomic E-state index is -0.587. The first-order chi connectivity index (χ1) is 21.9. The van der Waals surface area contributed by atoms with Crippen molar-refractivity contribution in [3.8, 4) is 22.9 Å². The molecule has 2 fully saturated rings. The fraction of sp³-hybridized carbons (Fsp3) is 0.387. The highest BCUT2D eigenvalue weighted by molar-refractivity contribution is 5.86. The molecule has 234 valence electrons. The van der Waals surface area contributed by atoms with Crippen LogP contribution in [0.3, 0.4) is 0 Å². The zero-order valence-corrected chi connectivity index (χ0v) is 25.1. The molecule has 14 heteroatoms. The number of benzene rings is 1. The van der Waals surface area contributed by atoms with E-state index in [9.17, 15) is 9.59 Å². The van der Waals surface area contributed by atoms with Gasteiger partial charge < -0.3 is 34.0 Å². The summed E-state index contributed by atoms with van der Waals surface area (Å²) < 4.78 is 40.1. The molecule has 4 aromatic heterocycles. The van der Waals surface area contributed by atoms with Crippen molar-refractivity contribution in [3.63, 3.8) is 0 Å². The monoisotopic (exact) mass is 617 g/mol. The van der Waals surface area contributed by atoms with Crippen molar-refractivity contribution < 1.29 is 13.2 Å². The van der Waals surface area contributed by atoms with Gasteiger partial charge in [-0.15, -0.1) is 10.2 Å². The van der Waals surface area contributed by atoms with Crippen LogP contribution < -0.4 is 31.3 Å². The summed E-state index contributed by atoms with van der Waals surface area (Å²) >= 11 is 0. The van der Waals surface area contributed by atoms with E-state index in [1.807, 2.05) is 28.2 Å². The second-order valence-electron chi connectivity index (χ2n) is 11.2. The Morgan fingerprint density at radius 3 is 1.93 bits per heavy atom. The van der Waals surface area contributed by atoms with Gasteiger partial charge in [-0.3, -0.25) is 9.59 Å². The quantitative estimate of drug-likeness (QED) is 0.294. The van der Waals surface area contributed by atoms with Crippen LogP contribution in [0.1, 0.15) is 13.8 Å². The average molecular weight is 618 g/mol. The number of pyridine rings is 3. The van der Waals surface area contributed by atoms with Gasteiger partial charge in [0.15, 0.2) is 11.6 Å². The molecule has 7 rings (SSSR count). The summed E-state index contributed by atoms with van der Waals surface area (Å²) in [6.45, 7) is 10.2. The lowest BCUT2D eigenvalue weighted by Gasteiger charge is -2.30. The van der Waals surface area contributed by atoms with E-state index < -0.39 is 22.5 Å². The number of hydrogen-bond acceptors (Lipinski definition) is 10. The third-order valence-electron chi connectivity index (χ3n) is 8.57. The summed E-state index contributed by atoms with van der Waals surface area (Å²) in [7, 11) is 0. The van der Waals surface area contributed by atoms with Crippen LogP contribution in [0.2, 0.25) is 0 Å². The summed E-state index contributed by atoms with van der Waals surface area (Å²) in [4.78, 5) is 35.7. The molecule has 45 heavy (non-hydrogen) atoms. The summed E-state index contributed by atoms with van der Waals surface area (Å²) in [6.07, 6.45) is 3.18. The Morgan fingerprint density at radius 2 is 1.31 bits per heavy atom. The first-order valence-corrected chi connectivity index (χ1v) is 15.2. The van der Waals surface area contributed by atoms with Gasteiger partial charge in [-0.25, -0.2) is 13.8 Å². The Bertz CT molecular complexity index is 1900. The Morgan fingerprint density at radius 1 is 0.756 bits per heavy atom. The van der Waals surface area contributed by atoms with Gasteiger partial charge in [0, 0.05) is 83.2 Å². The van der Waals surface area contributed by atoms with Crippen LogP contribution >= 0.6 is 0 Å². The lowest BCUT2D eigenvalue weighted by molar-refractivity contribution is 0.559. The molecule has 5 aromatic rings. The number of nitrogens with one attached hydrogen (secondary N) is 2. The summed E-state index contributed by atoms with van der Waals surface area (Å²) in [6, 6.07) is 4.19. The molecule has 0 atom stereocenters. The van der Waals surface area contributed by atoms with Crippen LogP contribution in [-0.2, 0) is 13.1 Å². The fourth-order valence-electron chi connectivity index (χ4n) is 6.17. The fourth-order valence-corrected chi connectivity index (χ4v) is 6.17. The SMILES string of the molecule is CCn1cc(-c2nnc(-c3cn(CC)c4nc(N5CCNCC5)c(F)cc4c3=O)o2)c(=O)c2cc(F)c(N3CCNCC3)cc21. The Hall–Kier alpha value is -4.69. The molecule has 0 amide bonds. The number of aryl methyl sites for hydroxylation is 2. The molecule has 0 unspecified atom stereocenters. The van der Waals surface area contributed by atoms with Crippen molar-refractivity contribution in [2.45, 2.75) is 26.9 Å². The van der Waals surface area contributed by atoms with Gasteiger partial charge in [0.05, 0.1) is 16.6 Å². The molecule has 0 spiro atoms. The number of fused-ring (bicyclic) bond motifs is 2. The van der Waals surface area contributed by atoms with Crippen LogP contribution in [0.5, 0.6) is 0 Å². The van der Waals surface area contributed by atoms with Crippen molar-refractivity contribution in [1.29, 1.82) is 0 Å². The van der Waals surface area contributed by atoms with Crippen molar-refractivity contribution in [3.05, 3.63) is 62.7 Å². The number of hydrogen-bond donors (Lipinski definition) is 2. The molecule has 0 saturated carbocycles. The Labute approximate surface area is 256 Å². The van der Waals surface area contributed by atoms with E-state index in [1.54, 1.807) is 23.0 Å². The Balaban J connectivity index is 1.30. The van der Waals surface area contributed by atoms with Crippen LogP contribution in [0.25, 0.3) is 44.8 Å².